The number of aromatic hydroxyl groups is 1. The smallest absolute Gasteiger partial charge is 0.166 e. The van der Waals surface area contributed by atoms with E-state index in [9.17, 15) is 14.3 Å². The molecule has 1 aromatic rings. The predicted molar refractivity (Wildman–Crippen MR) is 50.1 cm³/mol. The Hall–Kier alpha value is -1.38. The van der Waals surface area contributed by atoms with E-state index in [1.807, 2.05) is 0 Å². The van der Waals surface area contributed by atoms with Crippen LogP contribution in [0.5, 0.6) is 5.75 Å². The van der Waals surface area contributed by atoms with Crippen LogP contribution in [-0.2, 0) is 6.42 Å². The lowest BCUT2D eigenvalue weighted by atomic mass is 9.88. The van der Waals surface area contributed by atoms with Gasteiger partial charge in [-0.1, -0.05) is 0 Å². The van der Waals surface area contributed by atoms with E-state index in [0.717, 1.165) is 6.42 Å². The largest absolute Gasteiger partial charge is 0.507 e. The molecule has 2 nitrogen and oxygen atoms in total. The average Bonchev–Trinajstić information content (AvgIpc) is 2.14. The molecular formula is C11H11FO2. The van der Waals surface area contributed by atoms with Crippen LogP contribution in [0, 0.1) is 12.7 Å². The fourth-order valence-corrected chi connectivity index (χ4v) is 1.86. The molecule has 0 saturated carbocycles. The molecule has 74 valence electrons. The number of phenols is 1. The minimum Gasteiger partial charge on any atom is -0.507 e. The van der Waals surface area contributed by atoms with Gasteiger partial charge in [-0.05, 0) is 31.4 Å². The molecule has 0 fully saturated rings. The number of aryl methyl sites for hydroxylation is 1. The molecule has 0 bridgehead atoms. The molecule has 0 unspecified atom stereocenters. The molecule has 1 aliphatic carbocycles. The zero-order valence-electron chi connectivity index (χ0n) is 7.93. The number of hydrogen-bond donors (Lipinski definition) is 1. The van der Waals surface area contributed by atoms with Crippen molar-refractivity contribution in [2.75, 3.05) is 0 Å². The minimum absolute atomic E-state index is 0.0770. The SMILES string of the molecule is Cc1c(F)cc2c(c1O)C(=O)CCC2. The summed E-state index contributed by atoms with van der Waals surface area (Å²) in [4.78, 5) is 11.5. The van der Waals surface area contributed by atoms with Gasteiger partial charge in [0.05, 0.1) is 5.56 Å². The molecule has 0 saturated heterocycles. The molecule has 0 amide bonds. The van der Waals surface area contributed by atoms with E-state index < -0.39 is 5.82 Å². The number of hydrogen-bond acceptors (Lipinski definition) is 2. The first kappa shape index (κ1) is 9.19. The zero-order valence-corrected chi connectivity index (χ0v) is 7.93. The number of rotatable bonds is 0. The predicted octanol–water partition coefficient (Wildman–Crippen LogP) is 2.36. The van der Waals surface area contributed by atoms with Crippen LogP contribution in [0.4, 0.5) is 4.39 Å². The first-order valence-corrected chi connectivity index (χ1v) is 4.65. The maximum absolute atomic E-state index is 13.2. The van der Waals surface area contributed by atoms with Gasteiger partial charge in [0.2, 0.25) is 0 Å². The lowest BCUT2D eigenvalue weighted by Gasteiger charge is -2.17. The summed E-state index contributed by atoms with van der Waals surface area (Å²) in [6.07, 6.45) is 1.87. The van der Waals surface area contributed by atoms with Crippen LogP contribution in [0.3, 0.4) is 0 Å². The Morgan fingerprint density at radius 3 is 2.86 bits per heavy atom. The minimum atomic E-state index is -0.434. The number of Topliss-reactive ketones (excluding diaryl/α,β-unsaturated/α-hetero) is 1. The van der Waals surface area contributed by atoms with E-state index in [1.165, 1.54) is 13.0 Å². The van der Waals surface area contributed by atoms with Crippen molar-refractivity contribution in [1.82, 2.24) is 0 Å². The van der Waals surface area contributed by atoms with Crippen molar-refractivity contribution < 1.29 is 14.3 Å². The first-order chi connectivity index (χ1) is 6.61. The molecule has 0 radical (unpaired) electrons. The van der Waals surface area contributed by atoms with Gasteiger partial charge in [0, 0.05) is 12.0 Å². The molecule has 0 aliphatic heterocycles. The molecule has 2 rings (SSSR count). The number of carbonyl (C=O) groups is 1. The maximum Gasteiger partial charge on any atom is 0.166 e. The van der Waals surface area contributed by atoms with Crippen LogP contribution in [-0.4, -0.2) is 10.9 Å². The Labute approximate surface area is 81.4 Å². The normalized spacial score (nSPS) is 15.4. The molecule has 0 heterocycles. The highest BCUT2D eigenvalue weighted by atomic mass is 19.1. The molecule has 0 aromatic heterocycles. The van der Waals surface area contributed by atoms with Gasteiger partial charge in [-0.25, -0.2) is 4.39 Å². The van der Waals surface area contributed by atoms with Gasteiger partial charge in [-0.2, -0.15) is 0 Å². The highest BCUT2D eigenvalue weighted by Gasteiger charge is 2.23. The van der Waals surface area contributed by atoms with Gasteiger partial charge in [0.25, 0.3) is 0 Å². The molecule has 1 N–H and O–H groups in total. The van der Waals surface area contributed by atoms with Crippen molar-refractivity contribution in [2.24, 2.45) is 0 Å². The second kappa shape index (κ2) is 3.08. The van der Waals surface area contributed by atoms with Gasteiger partial charge in [0.15, 0.2) is 5.78 Å². The third-order valence-electron chi connectivity index (χ3n) is 2.70. The fourth-order valence-electron chi connectivity index (χ4n) is 1.86. The maximum atomic E-state index is 13.2. The van der Waals surface area contributed by atoms with Crippen molar-refractivity contribution >= 4 is 5.78 Å². The molecule has 1 aromatic carbocycles. The van der Waals surface area contributed by atoms with Gasteiger partial charge in [-0.15, -0.1) is 0 Å². The summed E-state index contributed by atoms with van der Waals surface area (Å²) in [5.41, 5.74) is 1.14. The highest BCUT2D eigenvalue weighted by Crippen LogP contribution is 2.33. The quantitative estimate of drug-likeness (QED) is 0.688. The van der Waals surface area contributed by atoms with Crippen molar-refractivity contribution in [3.05, 3.63) is 28.6 Å². The average molecular weight is 194 g/mol. The molecule has 14 heavy (non-hydrogen) atoms. The third kappa shape index (κ3) is 1.20. The second-order valence-electron chi connectivity index (χ2n) is 3.64. The molecule has 3 heteroatoms. The zero-order chi connectivity index (χ0) is 10.3. The van der Waals surface area contributed by atoms with E-state index in [1.54, 1.807) is 0 Å². The lowest BCUT2D eigenvalue weighted by molar-refractivity contribution is 0.0969. The molecule has 0 spiro atoms. The van der Waals surface area contributed by atoms with E-state index in [4.69, 9.17) is 0 Å². The standard InChI is InChI=1S/C11H11FO2/c1-6-8(12)5-7-3-2-4-9(13)10(7)11(6)14/h5,14H,2-4H2,1H3. The second-order valence-corrected chi connectivity index (χ2v) is 3.64. The topological polar surface area (TPSA) is 37.3 Å². The Kier molecular flexibility index (Phi) is 2.02. The van der Waals surface area contributed by atoms with Crippen LogP contribution in [0.25, 0.3) is 0 Å². The summed E-state index contributed by atoms with van der Waals surface area (Å²) in [6.45, 7) is 1.48. The van der Waals surface area contributed by atoms with Crippen molar-refractivity contribution in [3.8, 4) is 5.75 Å². The Balaban J connectivity index is 2.70. The van der Waals surface area contributed by atoms with E-state index >= 15 is 0 Å². The summed E-state index contributed by atoms with van der Waals surface area (Å²) < 4.78 is 13.2. The van der Waals surface area contributed by atoms with Gasteiger partial charge in [-0.3, -0.25) is 4.79 Å². The number of carbonyl (C=O) groups excluding carboxylic acids is 1. The summed E-state index contributed by atoms with van der Waals surface area (Å²) in [7, 11) is 0. The van der Waals surface area contributed by atoms with Crippen LogP contribution in [0.15, 0.2) is 6.07 Å². The van der Waals surface area contributed by atoms with Gasteiger partial charge < -0.3 is 5.11 Å². The van der Waals surface area contributed by atoms with Crippen molar-refractivity contribution in [2.45, 2.75) is 26.2 Å². The fraction of sp³-hybridized carbons (Fsp3) is 0.364. The van der Waals surface area contributed by atoms with Crippen LogP contribution >= 0.6 is 0 Å². The Morgan fingerprint density at radius 1 is 1.43 bits per heavy atom. The number of halogens is 1. The number of phenolic OH excluding ortho intramolecular Hbond substituents is 1. The highest BCUT2D eigenvalue weighted by molar-refractivity contribution is 6.01. The molecular weight excluding hydrogens is 183 g/mol. The number of ketones is 1. The van der Waals surface area contributed by atoms with Crippen molar-refractivity contribution in [1.29, 1.82) is 0 Å². The number of benzene rings is 1. The van der Waals surface area contributed by atoms with Crippen LogP contribution < -0.4 is 0 Å². The van der Waals surface area contributed by atoms with Crippen molar-refractivity contribution in [3.63, 3.8) is 0 Å². The molecule has 1 aliphatic rings. The monoisotopic (exact) mass is 194 g/mol. The van der Waals surface area contributed by atoms with Gasteiger partial charge in [0.1, 0.15) is 11.6 Å². The number of fused-ring (bicyclic) bond motifs is 1. The third-order valence-corrected chi connectivity index (χ3v) is 2.70. The Bertz CT molecular complexity index is 410. The summed E-state index contributed by atoms with van der Waals surface area (Å²) in [6, 6.07) is 1.36. The van der Waals surface area contributed by atoms with E-state index in [0.29, 0.717) is 24.0 Å². The van der Waals surface area contributed by atoms with Gasteiger partial charge >= 0.3 is 0 Å². The molecule has 0 atom stereocenters. The van der Waals surface area contributed by atoms with Crippen LogP contribution in [0.1, 0.15) is 34.3 Å². The summed E-state index contributed by atoms with van der Waals surface area (Å²) in [5.74, 6) is -0.687. The van der Waals surface area contributed by atoms with E-state index in [2.05, 4.69) is 0 Å². The lowest BCUT2D eigenvalue weighted by Crippen LogP contribution is -2.12. The summed E-state index contributed by atoms with van der Waals surface area (Å²) >= 11 is 0. The Morgan fingerprint density at radius 2 is 2.14 bits per heavy atom. The van der Waals surface area contributed by atoms with Crippen LogP contribution in [0.2, 0.25) is 0 Å². The van der Waals surface area contributed by atoms with E-state index in [-0.39, 0.29) is 17.1 Å². The first-order valence-electron chi connectivity index (χ1n) is 4.65. The summed E-state index contributed by atoms with van der Waals surface area (Å²) in [5, 5.41) is 9.63.